The molecule has 0 spiro atoms. The first-order valence-electron chi connectivity index (χ1n) is 8.88. The Labute approximate surface area is 159 Å². The lowest BCUT2D eigenvalue weighted by Crippen LogP contribution is -2.44. The number of aromatic nitrogens is 1. The number of amides is 1. The van der Waals surface area contributed by atoms with Crippen molar-refractivity contribution >= 4 is 28.6 Å². The topological polar surface area (TPSA) is 51.7 Å². The first-order chi connectivity index (χ1) is 12.4. The van der Waals surface area contributed by atoms with E-state index in [4.69, 9.17) is 0 Å². The van der Waals surface area contributed by atoms with E-state index in [0.717, 1.165) is 49.1 Å². The van der Waals surface area contributed by atoms with Crippen LogP contribution in [0.5, 0.6) is 0 Å². The Hall–Kier alpha value is -1.96. The molecular weight excluding hydrogens is 346 g/mol. The van der Waals surface area contributed by atoms with Crippen molar-refractivity contribution < 1.29 is 4.79 Å². The van der Waals surface area contributed by atoms with Gasteiger partial charge >= 0.3 is 0 Å². The van der Waals surface area contributed by atoms with Crippen LogP contribution in [0.1, 0.15) is 20.4 Å². The summed E-state index contributed by atoms with van der Waals surface area (Å²) in [6, 6.07) is 8.11. The summed E-state index contributed by atoms with van der Waals surface area (Å²) in [5, 5.41) is 3.96. The highest BCUT2D eigenvalue weighted by atomic mass is 32.1. The smallest absolute Gasteiger partial charge is 0.267 e. The number of likely N-dealkylation sites (N-methyl/N-ethyl adjacent to an activating group) is 1. The molecule has 2 heterocycles. The Kier molecular flexibility index (Phi) is 5.90. The normalized spacial score (nSPS) is 15.5. The highest BCUT2D eigenvalue weighted by molar-refractivity contribution is 7.13. The maximum absolute atomic E-state index is 12.6. The van der Waals surface area contributed by atoms with Crippen molar-refractivity contribution in [3.63, 3.8) is 0 Å². The summed E-state index contributed by atoms with van der Waals surface area (Å²) in [5.41, 5.74) is 2.81. The van der Waals surface area contributed by atoms with Gasteiger partial charge in [-0.15, -0.1) is 11.3 Å². The molecule has 1 aromatic heterocycles. The summed E-state index contributed by atoms with van der Waals surface area (Å²) in [4.78, 5) is 24.5. The van der Waals surface area contributed by atoms with Crippen LogP contribution >= 0.6 is 11.3 Å². The van der Waals surface area contributed by atoms with E-state index in [1.165, 1.54) is 17.0 Å². The highest BCUT2D eigenvalue weighted by Gasteiger charge is 2.17. The standard InChI is InChI=1S/C19H27N5OS/c1-14-18(26-17(20-14)13-22(2)3)19(25)21-15-5-7-16(8-6-15)24-11-9-23(4)10-12-24/h5-8H,9-13H2,1-4H3,(H,21,25). The number of benzene rings is 1. The van der Waals surface area contributed by atoms with Crippen LogP contribution < -0.4 is 10.2 Å². The van der Waals surface area contributed by atoms with Gasteiger partial charge in [0, 0.05) is 44.1 Å². The van der Waals surface area contributed by atoms with Crippen molar-refractivity contribution in [3.8, 4) is 0 Å². The molecule has 6 nitrogen and oxygen atoms in total. The van der Waals surface area contributed by atoms with E-state index in [2.05, 4.69) is 44.2 Å². The zero-order valence-corrected chi connectivity index (χ0v) is 16.8. The second-order valence-electron chi connectivity index (χ2n) is 7.05. The minimum Gasteiger partial charge on any atom is -0.369 e. The van der Waals surface area contributed by atoms with Gasteiger partial charge in [-0.05, 0) is 52.3 Å². The molecule has 1 amide bonds. The molecule has 1 N–H and O–H groups in total. The van der Waals surface area contributed by atoms with Crippen LogP contribution in [0.15, 0.2) is 24.3 Å². The van der Waals surface area contributed by atoms with Gasteiger partial charge in [-0.3, -0.25) is 4.79 Å². The van der Waals surface area contributed by atoms with E-state index in [0.29, 0.717) is 4.88 Å². The van der Waals surface area contributed by atoms with Gasteiger partial charge in [0.05, 0.1) is 5.69 Å². The summed E-state index contributed by atoms with van der Waals surface area (Å²) in [6.45, 7) is 6.88. The van der Waals surface area contributed by atoms with Gasteiger partial charge in [0.2, 0.25) is 0 Å². The van der Waals surface area contributed by atoms with Crippen LogP contribution in [-0.2, 0) is 6.54 Å². The predicted molar refractivity (Wildman–Crippen MR) is 108 cm³/mol. The number of carbonyl (C=O) groups excluding carboxylic acids is 1. The quantitative estimate of drug-likeness (QED) is 0.873. The second-order valence-corrected chi connectivity index (χ2v) is 8.13. The molecule has 0 aliphatic carbocycles. The van der Waals surface area contributed by atoms with Gasteiger partial charge in [-0.25, -0.2) is 4.98 Å². The molecule has 1 aromatic carbocycles. The number of anilines is 2. The minimum atomic E-state index is -0.0858. The zero-order valence-electron chi connectivity index (χ0n) is 16.0. The van der Waals surface area contributed by atoms with Gasteiger partial charge in [-0.2, -0.15) is 0 Å². The molecule has 7 heteroatoms. The zero-order chi connectivity index (χ0) is 18.7. The number of carbonyl (C=O) groups is 1. The van der Waals surface area contributed by atoms with E-state index in [1.807, 2.05) is 33.2 Å². The number of thiazole rings is 1. The van der Waals surface area contributed by atoms with Crippen molar-refractivity contribution in [2.75, 3.05) is 57.5 Å². The lowest BCUT2D eigenvalue weighted by atomic mass is 10.2. The summed E-state index contributed by atoms with van der Waals surface area (Å²) in [5.74, 6) is -0.0858. The van der Waals surface area contributed by atoms with Crippen molar-refractivity contribution in [3.05, 3.63) is 39.8 Å². The number of piperazine rings is 1. The van der Waals surface area contributed by atoms with Crippen molar-refractivity contribution in [2.24, 2.45) is 0 Å². The third-order valence-electron chi connectivity index (χ3n) is 4.49. The summed E-state index contributed by atoms with van der Waals surface area (Å²) < 4.78 is 0. The Balaban J connectivity index is 1.63. The van der Waals surface area contributed by atoms with Gasteiger partial charge in [0.1, 0.15) is 9.88 Å². The van der Waals surface area contributed by atoms with Crippen LogP contribution in [0, 0.1) is 6.92 Å². The molecule has 140 valence electrons. The van der Waals surface area contributed by atoms with E-state index in [-0.39, 0.29) is 5.91 Å². The van der Waals surface area contributed by atoms with E-state index in [9.17, 15) is 4.79 Å². The average Bonchev–Trinajstić information content (AvgIpc) is 2.96. The van der Waals surface area contributed by atoms with Crippen LogP contribution in [0.25, 0.3) is 0 Å². The van der Waals surface area contributed by atoms with Crippen LogP contribution in [0.3, 0.4) is 0 Å². The first kappa shape index (κ1) is 18.8. The molecule has 0 unspecified atom stereocenters. The number of rotatable bonds is 5. The van der Waals surface area contributed by atoms with E-state index in [1.54, 1.807) is 0 Å². The summed E-state index contributed by atoms with van der Waals surface area (Å²) in [7, 11) is 6.15. The number of nitrogens with zero attached hydrogens (tertiary/aromatic N) is 4. The molecule has 1 aliphatic rings. The average molecular weight is 374 g/mol. The largest absolute Gasteiger partial charge is 0.369 e. The lowest BCUT2D eigenvalue weighted by Gasteiger charge is -2.34. The molecular formula is C19H27N5OS. The fourth-order valence-electron chi connectivity index (χ4n) is 3.01. The molecule has 1 saturated heterocycles. The molecule has 0 bridgehead atoms. The number of hydrogen-bond donors (Lipinski definition) is 1. The SMILES string of the molecule is Cc1nc(CN(C)C)sc1C(=O)Nc1ccc(N2CCN(C)CC2)cc1. The van der Waals surface area contributed by atoms with Gasteiger partial charge in [-0.1, -0.05) is 0 Å². The predicted octanol–water partition coefficient (Wildman–Crippen LogP) is 2.52. The molecule has 0 saturated carbocycles. The second kappa shape index (κ2) is 8.16. The third kappa shape index (κ3) is 4.60. The number of hydrogen-bond acceptors (Lipinski definition) is 6. The van der Waals surface area contributed by atoms with Gasteiger partial charge in [0.15, 0.2) is 0 Å². The molecule has 0 atom stereocenters. The van der Waals surface area contributed by atoms with Crippen molar-refractivity contribution in [1.29, 1.82) is 0 Å². The van der Waals surface area contributed by atoms with Crippen LogP contribution in [0.2, 0.25) is 0 Å². The lowest BCUT2D eigenvalue weighted by molar-refractivity contribution is 0.103. The monoisotopic (exact) mass is 373 g/mol. The van der Waals surface area contributed by atoms with Gasteiger partial charge in [0.25, 0.3) is 5.91 Å². The maximum Gasteiger partial charge on any atom is 0.267 e. The molecule has 0 radical (unpaired) electrons. The Morgan fingerprint density at radius 1 is 1.19 bits per heavy atom. The van der Waals surface area contributed by atoms with Crippen LogP contribution in [0.4, 0.5) is 11.4 Å². The molecule has 26 heavy (non-hydrogen) atoms. The summed E-state index contributed by atoms with van der Waals surface area (Å²) >= 11 is 1.46. The van der Waals surface area contributed by atoms with Crippen LogP contribution in [-0.4, -0.2) is 68.0 Å². The first-order valence-corrected chi connectivity index (χ1v) is 9.70. The Morgan fingerprint density at radius 2 is 1.85 bits per heavy atom. The fourth-order valence-corrected chi connectivity index (χ4v) is 4.09. The molecule has 1 aliphatic heterocycles. The van der Waals surface area contributed by atoms with Crippen molar-refractivity contribution in [1.82, 2.24) is 14.8 Å². The number of nitrogens with one attached hydrogen (secondary N) is 1. The molecule has 3 rings (SSSR count). The van der Waals surface area contributed by atoms with E-state index < -0.39 is 0 Å². The Bertz CT molecular complexity index is 748. The minimum absolute atomic E-state index is 0.0858. The molecule has 2 aromatic rings. The third-order valence-corrected chi connectivity index (χ3v) is 5.63. The fraction of sp³-hybridized carbons (Fsp3) is 0.474. The highest BCUT2D eigenvalue weighted by Crippen LogP contribution is 2.23. The Morgan fingerprint density at radius 3 is 2.46 bits per heavy atom. The van der Waals surface area contributed by atoms with E-state index >= 15 is 0 Å². The molecule has 1 fully saturated rings. The van der Waals surface area contributed by atoms with Gasteiger partial charge < -0.3 is 20.0 Å². The van der Waals surface area contributed by atoms with Crippen molar-refractivity contribution in [2.45, 2.75) is 13.5 Å². The number of aryl methyl sites for hydroxylation is 1. The maximum atomic E-state index is 12.6. The summed E-state index contributed by atoms with van der Waals surface area (Å²) in [6.07, 6.45) is 0.